The van der Waals surface area contributed by atoms with Gasteiger partial charge in [0.25, 0.3) is 0 Å². The van der Waals surface area contributed by atoms with E-state index in [1.807, 2.05) is 5.94 Å². The average Bonchev–Trinajstić information content (AvgIpc) is 2.66. The number of unbranched alkanes of at least 4 members (excludes halogenated alkanes) is 2. The Bertz CT molecular complexity index is 560. The monoisotopic (exact) mass is 341 g/mol. The number of benzene rings is 1. The molecule has 2 saturated heterocycles. The Hall–Kier alpha value is -1.61. The number of piperazine rings is 1. The summed E-state index contributed by atoms with van der Waals surface area (Å²) in [7, 11) is 0. The average molecular weight is 341 g/mol. The van der Waals surface area contributed by atoms with Crippen molar-refractivity contribution in [3.8, 4) is 0 Å². The molecule has 1 aromatic rings. The molecule has 2 aliphatic heterocycles. The molecule has 0 bridgehead atoms. The second-order valence-corrected chi connectivity index (χ2v) is 7.48. The number of piperidine rings is 1. The van der Waals surface area contributed by atoms with Crippen LogP contribution in [0, 0.1) is 0 Å². The Labute approximate surface area is 151 Å². The molecule has 1 spiro atoms. The minimum Gasteiger partial charge on any atom is -0.360 e. The van der Waals surface area contributed by atoms with Crippen LogP contribution in [0.3, 0.4) is 0 Å². The van der Waals surface area contributed by atoms with Crippen LogP contribution < -0.4 is 5.32 Å². The fourth-order valence-corrected chi connectivity index (χ4v) is 4.27. The lowest BCUT2D eigenvalue weighted by Crippen LogP contribution is -2.63. The van der Waals surface area contributed by atoms with Gasteiger partial charge in [0.1, 0.15) is 5.94 Å². The number of aryl methyl sites for hydroxylation is 1. The van der Waals surface area contributed by atoms with E-state index in [2.05, 4.69) is 45.4 Å². The SMILES string of the molecule is O=C=CN1CCNCC12CCN(CCCCCc1ccccc1)CC2. The van der Waals surface area contributed by atoms with E-state index in [0.29, 0.717) is 0 Å². The first-order valence-corrected chi connectivity index (χ1v) is 9.77. The number of rotatable bonds is 7. The summed E-state index contributed by atoms with van der Waals surface area (Å²) in [4.78, 5) is 15.7. The molecule has 3 rings (SSSR count). The standard InChI is InChI=1S/C21H31N3O/c25-18-17-24-16-12-22-19-21(24)10-14-23(15-11-21)13-6-2-5-9-20-7-3-1-4-8-20/h1,3-4,7-8,17,22H,2,5-6,9-16,19H2. The van der Waals surface area contributed by atoms with E-state index in [0.717, 1.165) is 45.6 Å². The molecule has 1 aromatic carbocycles. The van der Waals surface area contributed by atoms with Gasteiger partial charge in [0.15, 0.2) is 0 Å². The molecule has 0 aromatic heterocycles. The van der Waals surface area contributed by atoms with Crippen molar-refractivity contribution in [3.05, 3.63) is 42.1 Å². The topological polar surface area (TPSA) is 35.6 Å². The van der Waals surface area contributed by atoms with Crippen molar-refractivity contribution in [1.29, 1.82) is 0 Å². The van der Waals surface area contributed by atoms with Crippen LogP contribution in [0.5, 0.6) is 0 Å². The van der Waals surface area contributed by atoms with Gasteiger partial charge in [-0.2, -0.15) is 0 Å². The second kappa shape index (κ2) is 9.19. The molecule has 0 unspecified atom stereocenters. The zero-order valence-corrected chi connectivity index (χ0v) is 15.3. The zero-order chi connectivity index (χ0) is 17.4. The Balaban J connectivity index is 1.35. The van der Waals surface area contributed by atoms with Crippen LogP contribution in [0.2, 0.25) is 0 Å². The van der Waals surface area contributed by atoms with E-state index < -0.39 is 0 Å². The van der Waals surface area contributed by atoms with Gasteiger partial charge in [-0.05, 0) is 44.2 Å². The molecule has 0 radical (unpaired) electrons. The number of likely N-dealkylation sites (tertiary alicyclic amines) is 1. The fraction of sp³-hybridized carbons (Fsp3) is 0.619. The summed E-state index contributed by atoms with van der Waals surface area (Å²) in [6, 6.07) is 10.8. The van der Waals surface area contributed by atoms with Gasteiger partial charge in [-0.15, -0.1) is 0 Å². The Morgan fingerprint density at radius 2 is 1.88 bits per heavy atom. The van der Waals surface area contributed by atoms with E-state index in [1.54, 1.807) is 6.20 Å². The molecule has 4 nitrogen and oxygen atoms in total. The van der Waals surface area contributed by atoms with Gasteiger partial charge in [0, 0.05) is 32.7 Å². The molecule has 4 heteroatoms. The van der Waals surface area contributed by atoms with Crippen molar-refractivity contribution >= 4 is 5.94 Å². The number of hydrogen-bond donors (Lipinski definition) is 1. The lowest BCUT2D eigenvalue weighted by atomic mass is 9.84. The van der Waals surface area contributed by atoms with E-state index in [9.17, 15) is 4.79 Å². The molecule has 25 heavy (non-hydrogen) atoms. The van der Waals surface area contributed by atoms with E-state index in [4.69, 9.17) is 0 Å². The van der Waals surface area contributed by atoms with Gasteiger partial charge < -0.3 is 15.1 Å². The zero-order valence-electron chi connectivity index (χ0n) is 15.3. The minimum atomic E-state index is 0.138. The molecule has 1 N–H and O–H groups in total. The van der Waals surface area contributed by atoms with Crippen LogP contribution in [0.25, 0.3) is 0 Å². The first-order valence-electron chi connectivity index (χ1n) is 9.77. The molecule has 2 fully saturated rings. The first kappa shape index (κ1) is 18.2. The van der Waals surface area contributed by atoms with Crippen LogP contribution in [0.1, 0.15) is 37.7 Å². The molecule has 0 aliphatic carbocycles. The highest BCUT2D eigenvalue weighted by molar-refractivity contribution is 5.44. The highest BCUT2D eigenvalue weighted by atomic mass is 16.1. The van der Waals surface area contributed by atoms with Gasteiger partial charge in [-0.3, -0.25) is 0 Å². The quantitative estimate of drug-likeness (QED) is 0.610. The van der Waals surface area contributed by atoms with Gasteiger partial charge >= 0.3 is 0 Å². The Morgan fingerprint density at radius 1 is 1.08 bits per heavy atom. The summed E-state index contributed by atoms with van der Waals surface area (Å²) < 4.78 is 0. The van der Waals surface area contributed by atoms with Crippen molar-refractivity contribution in [2.45, 2.75) is 44.1 Å². The molecule has 0 atom stereocenters. The maximum atomic E-state index is 10.8. The summed E-state index contributed by atoms with van der Waals surface area (Å²) >= 11 is 0. The predicted octanol–water partition coefficient (Wildman–Crippen LogP) is 2.48. The lowest BCUT2D eigenvalue weighted by molar-refractivity contribution is 0.0362. The molecule has 2 aliphatic rings. The summed E-state index contributed by atoms with van der Waals surface area (Å²) in [6.45, 7) is 6.38. The number of carbonyl (C=O) groups excluding carboxylic acids is 1. The minimum absolute atomic E-state index is 0.138. The highest BCUT2D eigenvalue weighted by Gasteiger charge is 2.40. The number of hydrogen-bond acceptors (Lipinski definition) is 4. The van der Waals surface area contributed by atoms with E-state index in [-0.39, 0.29) is 5.54 Å². The number of nitrogens with zero attached hydrogens (tertiary/aromatic N) is 2. The second-order valence-electron chi connectivity index (χ2n) is 7.48. The van der Waals surface area contributed by atoms with Crippen LogP contribution in [0.4, 0.5) is 0 Å². The molecule has 2 heterocycles. The highest BCUT2D eigenvalue weighted by Crippen LogP contribution is 2.30. The third kappa shape index (κ3) is 4.94. The van der Waals surface area contributed by atoms with Crippen LogP contribution >= 0.6 is 0 Å². The smallest absolute Gasteiger partial charge is 0.142 e. The maximum absolute atomic E-state index is 10.8. The Morgan fingerprint density at radius 3 is 2.64 bits per heavy atom. The normalized spacial score (nSPS) is 20.4. The van der Waals surface area contributed by atoms with Gasteiger partial charge in [0.2, 0.25) is 0 Å². The third-order valence-corrected chi connectivity index (χ3v) is 5.87. The van der Waals surface area contributed by atoms with Crippen molar-refractivity contribution in [2.75, 3.05) is 39.3 Å². The summed E-state index contributed by atoms with van der Waals surface area (Å²) in [5, 5.41) is 3.51. The molecular weight excluding hydrogens is 310 g/mol. The van der Waals surface area contributed by atoms with E-state index in [1.165, 1.54) is 37.8 Å². The lowest BCUT2D eigenvalue weighted by Gasteiger charge is -2.51. The number of nitrogens with one attached hydrogen (secondary N) is 1. The van der Waals surface area contributed by atoms with Gasteiger partial charge in [-0.1, -0.05) is 36.8 Å². The van der Waals surface area contributed by atoms with Crippen LogP contribution in [-0.4, -0.2) is 60.5 Å². The molecule has 0 saturated carbocycles. The molecular formula is C21H31N3O. The third-order valence-electron chi connectivity index (χ3n) is 5.87. The van der Waals surface area contributed by atoms with Crippen molar-refractivity contribution in [2.24, 2.45) is 0 Å². The summed E-state index contributed by atoms with van der Waals surface area (Å²) in [5.41, 5.74) is 1.59. The summed E-state index contributed by atoms with van der Waals surface area (Å²) in [5.74, 6) is 1.99. The predicted molar refractivity (Wildman–Crippen MR) is 102 cm³/mol. The van der Waals surface area contributed by atoms with Gasteiger partial charge in [0.05, 0.1) is 11.7 Å². The molecule has 136 valence electrons. The molecule has 0 amide bonds. The maximum Gasteiger partial charge on any atom is 0.142 e. The van der Waals surface area contributed by atoms with E-state index >= 15 is 0 Å². The van der Waals surface area contributed by atoms with Crippen molar-refractivity contribution < 1.29 is 4.79 Å². The summed E-state index contributed by atoms with van der Waals surface area (Å²) in [6.07, 6.45) is 8.99. The van der Waals surface area contributed by atoms with Crippen LogP contribution in [-0.2, 0) is 11.2 Å². The van der Waals surface area contributed by atoms with Crippen molar-refractivity contribution in [1.82, 2.24) is 15.1 Å². The van der Waals surface area contributed by atoms with Crippen LogP contribution in [0.15, 0.2) is 36.5 Å². The van der Waals surface area contributed by atoms with Gasteiger partial charge in [-0.25, -0.2) is 4.79 Å². The van der Waals surface area contributed by atoms with Crippen molar-refractivity contribution in [3.63, 3.8) is 0 Å². The largest absolute Gasteiger partial charge is 0.360 e. The Kier molecular flexibility index (Phi) is 6.69. The first-order chi connectivity index (χ1) is 12.3. The fourth-order valence-electron chi connectivity index (χ4n) is 4.27.